The van der Waals surface area contributed by atoms with Crippen molar-refractivity contribution in [3.63, 3.8) is 0 Å². The molecule has 1 aromatic rings. The van der Waals surface area contributed by atoms with Crippen molar-refractivity contribution in [3.8, 4) is 12.8 Å². The van der Waals surface area contributed by atoms with Crippen LogP contribution < -0.4 is 5.73 Å². The second-order valence-electron chi connectivity index (χ2n) is 6.30. The van der Waals surface area contributed by atoms with Crippen molar-refractivity contribution in [3.05, 3.63) is 34.9 Å². The van der Waals surface area contributed by atoms with Gasteiger partial charge >= 0.3 is 5.97 Å². The molecule has 1 aliphatic rings. The van der Waals surface area contributed by atoms with Crippen molar-refractivity contribution in [1.29, 1.82) is 0 Å². The van der Waals surface area contributed by atoms with Crippen molar-refractivity contribution >= 4 is 17.6 Å². The third kappa shape index (κ3) is 5.24. The Hall–Kier alpha value is -1.54. The topological polar surface area (TPSA) is 72.6 Å². The van der Waals surface area contributed by atoms with Crippen LogP contribution in [0, 0.1) is 18.8 Å². The minimum Gasteiger partial charge on any atom is -0.480 e. The Morgan fingerprint density at radius 2 is 1.96 bits per heavy atom. The molecular weight excluding hydrogens is 314 g/mol. The zero-order valence-electron chi connectivity index (χ0n) is 13.5. The number of hydrogen-bond donors (Lipinski definition) is 2. The van der Waals surface area contributed by atoms with Gasteiger partial charge in [-0.25, -0.2) is 0 Å². The second kappa shape index (κ2) is 8.35. The van der Waals surface area contributed by atoms with E-state index in [1.807, 2.05) is 26.0 Å². The highest BCUT2D eigenvalue weighted by Crippen LogP contribution is 2.39. The molecule has 0 aliphatic carbocycles. The summed E-state index contributed by atoms with van der Waals surface area (Å²) in [5.74, 6) is -1.02. The van der Waals surface area contributed by atoms with E-state index in [-0.39, 0.29) is 17.4 Å². The molecule has 1 aliphatic heterocycles. The quantitative estimate of drug-likeness (QED) is 0.827. The van der Waals surface area contributed by atoms with Crippen LogP contribution in [-0.2, 0) is 9.53 Å². The molecule has 0 amide bonds. The fourth-order valence-corrected chi connectivity index (χ4v) is 3.32. The van der Waals surface area contributed by atoms with Crippen LogP contribution in [0.2, 0.25) is 5.02 Å². The molecule has 3 atom stereocenters. The highest BCUT2D eigenvalue weighted by atomic mass is 35.5. The molecule has 2 unspecified atom stereocenters. The van der Waals surface area contributed by atoms with E-state index in [0.717, 1.165) is 18.4 Å². The molecule has 0 bridgehead atoms. The number of rotatable bonds is 4. The van der Waals surface area contributed by atoms with Crippen LogP contribution in [-0.4, -0.2) is 29.3 Å². The van der Waals surface area contributed by atoms with E-state index in [1.165, 1.54) is 0 Å². The third-order valence-corrected chi connectivity index (χ3v) is 4.42. The van der Waals surface area contributed by atoms with E-state index < -0.39 is 12.0 Å². The molecule has 0 spiro atoms. The van der Waals surface area contributed by atoms with Gasteiger partial charge in [-0.1, -0.05) is 23.7 Å². The fraction of sp³-hybridized carbons (Fsp3) is 0.500. The van der Waals surface area contributed by atoms with Gasteiger partial charge in [-0.05, 0) is 50.3 Å². The highest BCUT2D eigenvalue weighted by molar-refractivity contribution is 6.30. The van der Waals surface area contributed by atoms with Crippen molar-refractivity contribution in [1.82, 2.24) is 0 Å². The molecule has 23 heavy (non-hydrogen) atoms. The summed E-state index contributed by atoms with van der Waals surface area (Å²) in [7, 11) is 0. The van der Waals surface area contributed by atoms with Crippen molar-refractivity contribution in [2.75, 3.05) is 6.61 Å². The van der Waals surface area contributed by atoms with E-state index in [0.29, 0.717) is 11.6 Å². The highest BCUT2D eigenvalue weighted by Gasteiger charge is 2.38. The number of hydrogen-bond acceptors (Lipinski definition) is 3. The van der Waals surface area contributed by atoms with Gasteiger partial charge in [-0.15, -0.1) is 12.8 Å². The van der Waals surface area contributed by atoms with Gasteiger partial charge in [0.05, 0.1) is 5.60 Å². The number of ether oxygens (including phenoxy) is 1. The summed E-state index contributed by atoms with van der Waals surface area (Å²) in [6.07, 6.45) is 9.61. The molecule has 2 rings (SSSR count). The maximum absolute atomic E-state index is 11.4. The summed E-state index contributed by atoms with van der Waals surface area (Å²) in [6, 6.07) is 6.38. The van der Waals surface area contributed by atoms with Crippen LogP contribution in [0.3, 0.4) is 0 Å². The lowest BCUT2D eigenvalue weighted by atomic mass is 9.73. The summed E-state index contributed by atoms with van der Waals surface area (Å²) in [6.45, 7) is 4.70. The molecule has 0 radical (unpaired) electrons. The molecule has 1 saturated heterocycles. The minimum atomic E-state index is -0.973. The van der Waals surface area contributed by atoms with Crippen LogP contribution >= 0.6 is 11.6 Å². The molecule has 1 heterocycles. The molecule has 4 nitrogen and oxygen atoms in total. The van der Waals surface area contributed by atoms with Crippen LogP contribution in [0.5, 0.6) is 0 Å². The van der Waals surface area contributed by atoms with Crippen LogP contribution in [0.4, 0.5) is 0 Å². The lowest BCUT2D eigenvalue weighted by molar-refractivity contribution is -0.140. The number of nitrogens with two attached hydrogens (primary N) is 1. The van der Waals surface area contributed by atoms with E-state index in [2.05, 4.69) is 12.8 Å². The number of aliphatic carboxylic acids is 1. The Balaban J connectivity index is 0.00000127. The first-order valence-electron chi connectivity index (χ1n) is 7.51. The molecule has 126 valence electrons. The molecule has 3 N–H and O–H groups in total. The summed E-state index contributed by atoms with van der Waals surface area (Å²) in [5, 5.41) is 9.98. The zero-order chi connectivity index (χ0) is 17.6. The minimum absolute atomic E-state index is 0.182. The number of carbonyl (C=O) groups is 1. The predicted octanol–water partition coefficient (Wildman–Crippen LogP) is 3.29. The average molecular weight is 338 g/mol. The summed E-state index contributed by atoms with van der Waals surface area (Å²) < 4.78 is 5.73. The first kappa shape index (κ1) is 19.5. The number of halogens is 1. The van der Waals surface area contributed by atoms with Crippen LogP contribution in [0.15, 0.2) is 24.3 Å². The van der Waals surface area contributed by atoms with Crippen molar-refractivity contribution in [2.45, 2.75) is 44.2 Å². The third-order valence-electron chi connectivity index (χ3n) is 4.17. The number of carboxylic acid groups (broad SMARTS) is 1. The maximum Gasteiger partial charge on any atom is 0.321 e. The predicted molar refractivity (Wildman–Crippen MR) is 92.4 cm³/mol. The molecule has 5 heteroatoms. The smallest absolute Gasteiger partial charge is 0.321 e. The first-order valence-corrected chi connectivity index (χ1v) is 7.89. The Labute approximate surface area is 143 Å². The van der Waals surface area contributed by atoms with Gasteiger partial charge in [0.2, 0.25) is 0 Å². The Morgan fingerprint density at radius 1 is 1.39 bits per heavy atom. The van der Waals surface area contributed by atoms with Gasteiger partial charge in [0.25, 0.3) is 0 Å². The summed E-state index contributed by atoms with van der Waals surface area (Å²) in [5.41, 5.74) is 6.66. The van der Waals surface area contributed by atoms with Crippen molar-refractivity contribution in [2.24, 2.45) is 11.7 Å². The van der Waals surface area contributed by atoms with E-state index in [1.54, 1.807) is 12.1 Å². The SMILES string of the molecule is C#C.CC1(C)CC(C(c2ccc(Cl)cc2)[C@H](N)C(=O)O)CCO1. The van der Waals surface area contributed by atoms with Crippen molar-refractivity contribution < 1.29 is 14.6 Å². The van der Waals surface area contributed by atoms with E-state index in [4.69, 9.17) is 22.1 Å². The second-order valence-corrected chi connectivity index (χ2v) is 6.74. The number of terminal acetylenes is 1. The van der Waals surface area contributed by atoms with E-state index >= 15 is 0 Å². The molecule has 1 fully saturated rings. The van der Waals surface area contributed by atoms with Crippen LogP contribution in [0.1, 0.15) is 38.2 Å². The normalized spacial score (nSPS) is 22.3. The van der Waals surface area contributed by atoms with Gasteiger partial charge in [-0.3, -0.25) is 4.79 Å². The average Bonchev–Trinajstić information content (AvgIpc) is 2.50. The van der Waals surface area contributed by atoms with Gasteiger partial charge in [-0.2, -0.15) is 0 Å². The molecule has 1 aromatic carbocycles. The van der Waals surface area contributed by atoms with Gasteiger partial charge in [0.1, 0.15) is 6.04 Å². The number of carboxylic acids is 1. The number of benzene rings is 1. The standard InChI is InChI=1S/C16H22ClNO3.C2H2/c1-16(2)9-11(7-8-21-16)13(14(18)15(19)20)10-3-5-12(17)6-4-10;1-2/h3-6,11,13-14H,7-9,18H2,1-2H3,(H,19,20);1-2H/t11?,13?,14-;/m0./s1. The lowest BCUT2D eigenvalue weighted by Crippen LogP contribution is -2.44. The summed E-state index contributed by atoms with van der Waals surface area (Å²) in [4.78, 5) is 11.4. The fourth-order valence-electron chi connectivity index (χ4n) is 3.20. The Bertz CT molecular complexity index is 539. The monoisotopic (exact) mass is 337 g/mol. The maximum atomic E-state index is 11.4. The molecule has 0 saturated carbocycles. The lowest BCUT2D eigenvalue weighted by Gasteiger charge is -2.40. The Morgan fingerprint density at radius 3 is 2.43 bits per heavy atom. The molecular formula is C18H24ClNO3. The molecule has 0 aromatic heterocycles. The van der Waals surface area contributed by atoms with Gasteiger partial charge in [0.15, 0.2) is 0 Å². The van der Waals surface area contributed by atoms with E-state index in [9.17, 15) is 9.90 Å². The largest absolute Gasteiger partial charge is 0.480 e. The summed E-state index contributed by atoms with van der Waals surface area (Å²) >= 11 is 5.92. The van der Waals surface area contributed by atoms with Gasteiger partial charge < -0.3 is 15.6 Å². The zero-order valence-corrected chi connectivity index (χ0v) is 14.3. The first-order chi connectivity index (χ1) is 10.8. The van der Waals surface area contributed by atoms with Gasteiger partial charge in [0, 0.05) is 17.5 Å². The Kier molecular flexibility index (Phi) is 7.08. The van der Waals surface area contributed by atoms with Crippen LogP contribution in [0.25, 0.3) is 0 Å².